The number of hydrogen-bond acceptors (Lipinski definition) is 4. The van der Waals surface area contributed by atoms with E-state index in [4.69, 9.17) is 4.74 Å². The second-order valence-corrected chi connectivity index (χ2v) is 8.79. The zero-order valence-corrected chi connectivity index (χ0v) is 21.8. The van der Waals surface area contributed by atoms with Crippen LogP contribution in [-0.4, -0.2) is 78.3 Å². The van der Waals surface area contributed by atoms with Gasteiger partial charge in [-0.2, -0.15) is 0 Å². The largest absolute Gasteiger partial charge is 0.379 e. The van der Waals surface area contributed by atoms with E-state index in [1.54, 1.807) is 0 Å². The molecule has 1 aromatic heterocycles. The summed E-state index contributed by atoms with van der Waals surface area (Å²) in [7, 11) is 1.89. The lowest BCUT2D eigenvalue weighted by Crippen LogP contribution is -2.51. The van der Waals surface area contributed by atoms with Crippen molar-refractivity contribution in [3.05, 3.63) is 54.1 Å². The van der Waals surface area contributed by atoms with E-state index in [2.05, 4.69) is 74.0 Å². The first-order chi connectivity index (χ1) is 15.2. The molecule has 3 unspecified atom stereocenters. The Kier molecular flexibility index (Phi) is 9.36. The molecule has 0 radical (unpaired) electrons. The molecule has 8 heteroatoms. The van der Waals surface area contributed by atoms with Crippen molar-refractivity contribution >= 4 is 29.9 Å². The smallest absolute Gasteiger partial charge is 0.193 e. The van der Waals surface area contributed by atoms with Crippen molar-refractivity contribution in [2.45, 2.75) is 32.4 Å². The Morgan fingerprint density at radius 2 is 1.97 bits per heavy atom. The number of nitrogens with zero attached hydrogens (tertiary/aromatic N) is 5. The maximum absolute atomic E-state index is 5.60. The van der Waals surface area contributed by atoms with Gasteiger partial charge in [-0.3, -0.25) is 9.89 Å². The van der Waals surface area contributed by atoms with Gasteiger partial charge in [0.1, 0.15) is 0 Å². The molecule has 2 aliphatic heterocycles. The van der Waals surface area contributed by atoms with Crippen LogP contribution in [0.1, 0.15) is 36.6 Å². The third-order valence-corrected chi connectivity index (χ3v) is 6.74. The molecule has 0 amide bonds. The minimum Gasteiger partial charge on any atom is -0.379 e. The molecule has 2 aliphatic rings. The first-order valence-corrected chi connectivity index (χ1v) is 11.5. The highest BCUT2D eigenvalue weighted by atomic mass is 127. The third kappa shape index (κ3) is 6.02. The molecule has 2 saturated heterocycles. The molecule has 2 aromatic rings. The highest BCUT2D eigenvalue weighted by Gasteiger charge is 2.30. The van der Waals surface area contributed by atoms with Crippen LogP contribution in [0.15, 0.2) is 48.0 Å². The normalized spacial score (nSPS) is 23.5. The van der Waals surface area contributed by atoms with E-state index < -0.39 is 0 Å². The number of rotatable bonds is 5. The molecule has 0 bridgehead atoms. The summed E-state index contributed by atoms with van der Waals surface area (Å²) in [4.78, 5) is 13.8. The molecule has 3 heterocycles. The van der Waals surface area contributed by atoms with Crippen molar-refractivity contribution < 1.29 is 4.74 Å². The first-order valence-electron chi connectivity index (χ1n) is 11.5. The van der Waals surface area contributed by atoms with Gasteiger partial charge in [0, 0.05) is 52.2 Å². The van der Waals surface area contributed by atoms with Crippen LogP contribution in [0.3, 0.4) is 0 Å². The average Bonchev–Trinajstić information content (AvgIpc) is 3.34. The van der Waals surface area contributed by atoms with Crippen molar-refractivity contribution in [1.82, 2.24) is 24.7 Å². The van der Waals surface area contributed by atoms with Gasteiger partial charge in [-0.05, 0) is 24.8 Å². The zero-order chi connectivity index (χ0) is 21.6. The molecule has 0 spiro atoms. The molecule has 1 N–H and O–H groups in total. The van der Waals surface area contributed by atoms with E-state index >= 15 is 0 Å². The minimum absolute atomic E-state index is 0. The van der Waals surface area contributed by atoms with E-state index in [0.29, 0.717) is 18.0 Å². The van der Waals surface area contributed by atoms with Crippen molar-refractivity contribution in [3.8, 4) is 0 Å². The number of aryl methyl sites for hydroxylation is 1. The molecule has 3 atom stereocenters. The summed E-state index contributed by atoms with van der Waals surface area (Å²) < 4.78 is 7.85. The number of piperidine rings is 1. The molecule has 0 saturated carbocycles. The number of aromatic nitrogens is 2. The number of imidazole rings is 1. The van der Waals surface area contributed by atoms with Crippen LogP contribution in [-0.2, 0) is 4.74 Å². The summed E-state index contributed by atoms with van der Waals surface area (Å²) in [6.45, 7) is 10.8. The minimum atomic E-state index is 0. The molecular formula is C24H37IN6O. The predicted molar refractivity (Wildman–Crippen MR) is 140 cm³/mol. The summed E-state index contributed by atoms with van der Waals surface area (Å²) in [6.07, 6.45) is 7.03. The monoisotopic (exact) mass is 552 g/mol. The summed E-state index contributed by atoms with van der Waals surface area (Å²) in [5.41, 5.74) is 2.64. The van der Waals surface area contributed by atoms with Gasteiger partial charge in [0.15, 0.2) is 5.96 Å². The number of nitrogens with one attached hydrogen (secondary N) is 1. The zero-order valence-electron chi connectivity index (χ0n) is 19.5. The van der Waals surface area contributed by atoms with Gasteiger partial charge >= 0.3 is 0 Å². The van der Waals surface area contributed by atoms with Gasteiger partial charge in [0.05, 0.1) is 31.6 Å². The number of benzene rings is 1. The van der Waals surface area contributed by atoms with Crippen molar-refractivity contribution in [2.75, 3.05) is 53.0 Å². The lowest BCUT2D eigenvalue weighted by atomic mass is 9.93. The number of hydrogen-bond donors (Lipinski definition) is 1. The van der Waals surface area contributed by atoms with Crippen LogP contribution in [0, 0.1) is 12.8 Å². The molecule has 7 nitrogen and oxygen atoms in total. The van der Waals surface area contributed by atoms with Crippen LogP contribution in [0.5, 0.6) is 0 Å². The SMILES string of the molecule is CN=C(NCC(c1ccc(C)cc1)N1CCOCC1)N1CCC(C)C(n2ccnc2)C1.I. The second kappa shape index (κ2) is 12.0. The Morgan fingerprint density at radius 1 is 1.22 bits per heavy atom. The predicted octanol–water partition coefficient (Wildman–Crippen LogP) is 3.34. The van der Waals surface area contributed by atoms with Gasteiger partial charge in [-0.15, -0.1) is 24.0 Å². The maximum atomic E-state index is 5.60. The van der Waals surface area contributed by atoms with Gasteiger partial charge in [0.2, 0.25) is 0 Å². The number of guanidine groups is 1. The molecule has 4 rings (SSSR count). The second-order valence-electron chi connectivity index (χ2n) is 8.79. The van der Waals surface area contributed by atoms with Crippen LogP contribution in [0.2, 0.25) is 0 Å². The molecule has 1 aromatic carbocycles. The van der Waals surface area contributed by atoms with Gasteiger partial charge in [-0.25, -0.2) is 4.98 Å². The molecule has 0 aliphatic carbocycles. The standard InChI is InChI=1S/C24H36N6O.HI/c1-19-4-6-21(7-5-19)22(28-12-14-31-15-13-28)16-27-24(25-3)29-10-8-20(2)23(17-29)30-11-9-26-18-30;/h4-7,9,11,18,20,22-23H,8,10,12-17H2,1-3H3,(H,25,27);1H. The van der Waals surface area contributed by atoms with Crippen LogP contribution in [0.25, 0.3) is 0 Å². The van der Waals surface area contributed by atoms with Gasteiger partial charge < -0.3 is 19.5 Å². The maximum Gasteiger partial charge on any atom is 0.193 e. The third-order valence-electron chi connectivity index (χ3n) is 6.74. The summed E-state index contributed by atoms with van der Waals surface area (Å²) in [6, 6.07) is 9.66. The average molecular weight is 553 g/mol. The fraction of sp³-hybridized carbons (Fsp3) is 0.583. The van der Waals surface area contributed by atoms with Gasteiger partial charge in [0.25, 0.3) is 0 Å². The topological polar surface area (TPSA) is 57.9 Å². The Labute approximate surface area is 209 Å². The molecule has 176 valence electrons. The van der Waals surface area contributed by atoms with E-state index in [9.17, 15) is 0 Å². The Hall–Kier alpha value is -1.65. The quantitative estimate of drug-likeness (QED) is 0.351. The highest BCUT2D eigenvalue weighted by molar-refractivity contribution is 14.0. The van der Waals surface area contributed by atoms with E-state index in [-0.39, 0.29) is 24.0 Å². The summed E-state index contributed by atoms with van der Waals surface area (Å²) in [5.74, 6) is 1.61. The van der Waals surface area contributed by atoms with E-state index in [1.807, 2.05) is 19.6 Å². The van der Waals surface area contributed by atoms with E-state index in [1.165, 1.54) is 11.1 Å². The molecule has 32 heavy (non-hydrogen) atoms. The lowest BCUT2D eigenvalue weighted by Gasteiger charge is -2.40. The van der Waals surface area contributed by atoms with Crippen molar-refractivity contribution in [3.63, 3.8) is 0 Å². The van der Waals surface area contributed by atoms with E-state index in [0.717, 1.165) is 58.3 Å². The Balaban J connectivity index is 0.00000289. The molecular weight excluding hydrogens is 515 g/mol. The van der Waals surface area contributed by atoms with Crippen molar-refractivity contribution in [2.24, 2.45) is 10.9 Å². The Morgan fingerprint density at radius 3 is 2.62 bits per heavy atom. The first kappa shape index (κ1) is 25.0. The Bertz CT molecular complexity index is 835. The number of halogens is 1. The number of morpholine rings is 1. The van der Waals surface area contributed by atoms with Crippen LogP contribution < -0.4 is 5.32 Å². The fourth-order valence-corrected chi connectivity index (χ4v) is 4.75. The molecule has 2 fully saturated rings. The number of aliphatic imine (C=N–C) groups is 1. The van der Waals surface area contributed by atoms with Crippen molar-refractivity contribution in [1.29, 1.82) is 0 Å². The number of likely N-dealkylation sites (tertiary alicyclic amines) is 1. The number of ether oxygens (including phenoxy) is 1. The fourth-order valence-electron chi connectivity index (χ4n) is 4.75. The summed E-state index contributed by atoms with van der Waals surface area (Å²) >= 11 is 0. The lowest BCUT2D eigenvalue weighted by molar-refractivity contribution is 0.0168. The van der Waals surface area contributed by atoms with Crippen LogP contribution >= 0.6 is 24.0 Å². The summed E-state index contributed by atoms with van der Waals surface area (Å²) in [5, 5.41) is 3.70. The van der Waals surface area contributed by atoms with Crippen LogP contribution in [0.4, 0.5) is 0 Å². The highest BCUT2D eigenvalue weighted by Crippen LogP contribution is 2.28. The van der Waals surface area contributed by atoms with Gasteiger partial charge in [-0.1, -0.05) is 36.8 Å².